The predicted octanol–water partition coefficient (Wildman–Crippen LogP) is 4.21. The van der Waals surface area contributed by atoms with Gasteiger partial charge in [0.15, 0.2) is 0 Å². The van der Waals surface area contributed by atoms with Crippen LogP contribution < -0.4 is 5.32 Å². The van der Waals surface area contributed by atoms with E-state index in [1.54, 1.807) is 0 Å². The lowest BCUT2D eigenvalue weighted by molar-refractivity contribution is 0.102. The van der Waals surface area contributed by atoms with Gasteiger partial charge in [-0.2, -0.15) is 4.37 Å². The summed E-state index contributed by atoms with van der Waals surface area (Å²) >= 11 is 1.34. The first kappa shape index (κ1) is 18.2. The van der Waals surface area contributed by atoms with Crippen LogP contribution >= 0.6 is 11.5 Å². The van der Waals surface area contributed by atoms with Gasteiger partial charge in [0.1, 0.15) is 5.82 Å². The summed E-state index contributed by atoms with van der Waals surface area (Å²) in [4.78, 5) is 22.6. The number of anilines is 1. The molecule has 3 rings (SSSR count). The Hall–Kier alpha value is -2.60. The molecule has 0 radical (unpaired) electrons. The van der Waals surface area contributed by atoms with E-state index in [2.05, 4.69) is 33.5 Å². The maximum atomic E-state index is 12.9. The highest BCUT2D eigenvalue weighted by atomic mass is 32.1. The van der Waals surface area contributed by atoms with Crippen molar-refractivity contribution >= 4 is 23.1 Å². The standard InChI is InChI=1S/C20H22N4OS/c1-4-14-11-21-18(22-12-14)10-17-19(13(3)24-26-17)20(25)23-16-9-7-6-8-15(16)5-2/h6-9,11-12H,4-5,10H2,1-3H3,(H,23,25). The van der Waals surface area contributed by atoms with Crippen LogP contribution in [0.25, 0.3) is 0 Å². The van der Waals surface area contributed by atoms with Gasteiger partial charge < -0.3 is 5.32 Å². The van der Waals surface area contributed by atoms with Crippen LogP contribution in [-0.4, -0.2) is 20.2 Å². The molecule has 5 nitrogen and oxygen atoms in total. The molecule has 0 aliphatic carbocycles. The van der Waals surface area contributed by atoms with Crippen LogP contribution in [0.2, 0.25) is 0 Å². The summed E-state index contributed by atoms with van der Waals surface area (Å²) in [5.41, 5.74) is 4.43. The zero-order valence-corrected chi connectivity index (χ0v) is 16.1. The Labute approximate surface area is 157 Å². The topological polar surface area (TPSA) is 67.8 Å². The summed E-state index contributed by atoms with van der Waals surface area (Å²) in [6.07, 6.45) is 5.96. The first-order valence-corrected chi connectivity index (χ1v) is 9.53. The first-order valence-electron chi connectivity index (χ1n) is 8.76. The van der Waals surface area contributed by atoms with Crippen LogP contribution in [0.15, 0.2) is 36.7 Å². The van der Waals surface area contributed by atoms with Crippen molar-refractivity contribution in [2.24, 2.45) is 0 Å². The third-order valence-corrected chi connectivity index (χ3v) is 5.23. The molecule has 0 bridgehead atoms. The molecular weight excluding hydrogens is 344 g/mol. The Bertz CT molecular complexity index is 902. The van der Waals surface area contributed by atoms with Gasteiger partial charge in [-0.1, -0.05) is 32.0 Å². The van der Waals surface area contributed by atoms with E-state index in [9.17, 15) is 4.79 Å². The molecule has 0 saturated heterocycles. The smallest absolute Gasteiger partial charge is 0.258 e. The first-order chi connectivity index (χ1) is 12.6. The van der Waals surface area contributed by atoms with Gasteiger partial charge in [-0.05, 0) is 48.5 Å². The van der Waals surface area contributed by atoms with Gasteiger partial charge in [0.25, 0.3) is 5.91 Å². The maximum Gasteiger partial charge on any atom is 0.258 e. The fraction of sp³-hybridized carbons (Fsp3) is 0.300. The van der Waals surface area contributed by atoms with Crippen LogP contribution in [0.3, 0.4) is 0 Å². The minimum absolute atomic E-state index is 0.127. The molecule has 0 saturated carbocycles. The van der Waals surface area contributed by atoms with E-state index in [1.165, 1.54) is 11.5 Å². The van der Waals surface area contributed by atoms with Crippen molar-refractivity contribution in [2.45, 2.75) is 40.0 Å². The number of hydrogen-bond acceptors (Lipinski definition) is 5. The van der Waals surface area contributed by atoms with Crippen LogP contribution in [-0.2, 0) is 19.3 Å². The van der Waals surface area contributed by atoms with Gasteiger partial charge >= 0.3 is 0 Å². The lowest BCUT2D eigenvalue weighted by Crippen LogP contribution is -2.15. The Morgan fingerprint density at radius 1 is 1.12 bits per heavy atom. The number of rotatable bonds is 6. The molecule has 1 N–H and O–H groups in total. The number of aromatic nitrogens is 3. The number of nitrogens with zero attached hydrogens (tertiary/aromatic N) is 3. The molecule has 0 aliphatic heterocycles. The molecule has 1 aromatic carbocycles. The van der Waals surface area contributed by atoms with Crippen molar-refractivity contribution < 1.29 is 4.79 Å². The highest BCUT2D eigenvalue weighted by Gasteiger charge is 2.20. The van der Waals surface area contributed by atoms with Gasteiger partial charge in [0.2, 0.25) is 0 Å². The van der Waals surface area contributed by atoms with Crippen LogP contribution in [0.1, 0.15) is 51.7 Å². The fourth-order valence-corrected chi connectivity index (χ4v) is 3.63. The van der Waals surface area contributed by atoms with Crippen molar-refractivity contribution in [1.82, 2.24) is 14.3 Å². The van der Waals surface area contributed by atoms with Crippen molar-refractivity contribution in [3.05, 3.63) is 69.7 Å². The van der Waals surface area contributed by atoms with Gasteiger partial charge in [0.05, 0.1) is 11.3 Å². The molecular formula is C20H22N4OS. The average Bonchev–Trinajstić information content (AvgIpc) is 3.03. The fourth-order valence-electron chi connectivity index (χ4n) is 2.76. The third-order valence-electron chi connectivity index (χ3n) is 4.29. The average molecular weight is 366 g/mol. The Morgan fingerprint density at radius 2 is 1.85 bits per heavy atom. The molecule has 0 unspecified atom stereocenters. The van der Waals surface area contributed by atoms with Gasteiger partial charge in [-0.15, -0.1) is 0 Å². The summed E-state index contributed by atoms with van der Waals surface area (Å²) < 4.78 is 4.38. The summed E-state index contributed by atoms with van der Waals surface area (Å²) in [7, 11) is 0. The van der Waals surface area contributed by atoms with Crippen molar-refractivity contribution in [1.29, 1.82) is 0 Å². The van der Waals surface area contributed by atoms with Crippen LogP contribution in [0.5, 0.6) is 0 Å². The second kappa shape index (κ2) is 8.19. The lowest BCUT2D eigenvalue weighted by atomic mass is 10.1. The molecule has 3 aromatic rings. The molecule has 2 heterocycles. The Balaban J connectivity index is 1.83. The zero-order valence-electron chi connectivity index (χ0n) is 15.2. The predicted molar refractivity (Wildman–Crippen MR) is 105 cm³/mol. The van der Waals surface area contributed by atoms with Crippen LogP contribution in [0, 0.1) is 6.92 Å². The monoisotopic (exact) mass is 366 g/mol. The number of nitrogens with one attached hydrogen (secondary N) is 1. The molecule has 0 atom stereocenters. The summed E-state index contributed by atoms with van der Waals surface area (Å²) in [6, 6.07) is 7.86. The quantitative estimate of drug-likeness (QED) is 0.709. The third kappa shape index (κ3) is 3.96. The minimum atomic E-state index is -0.127. The van der Waals surface area contributed by atoms with E-state index >= 15 is 0 Å². The highest BCUT2D eigenvalue weighted by molar-refractivity contribution is 7.06. The number of carbonyl (C=O) groups excluding carboxylic acids is 1. The van der Waals surface area contributed by atoms with Crippen molar-refractivity contribution in [3.63, 3.8) is 0 Å². The molecule has 0 fully saturated rings. The van der Waals surface area contributed by atoms with Gasteiger partial charge in [-0.3, -0.25) is 4.79 Å². The number of benzene rings is 1. The Kier molecular flexibility index (Phi) is 5.73. The molecule has 26 heavy (non-hydrogen) atoms. The van der Waals surface area contributed by atoms with E-state index in [0.717, 1.165) is 40.2 Å². The molecule has 1 amide bonds. The number of hydrogen-bond donors (Lipinski definition) is 1. The number of amides is 1. The maximum absolute atomic E-state index is 12.9. The SMILES string of the molecule is CCc1cnc(Cc2snc(C)c2C(=O)Nc2ccccc2CC)nc1. The summed E-state index contributed by atoms with van der Waals surface area (Å²) in [5.74, 6) is 0.575. The van der Waals surface area contributed by atoms with Gasteiger partial charge in [-0.25, -0.2) is 9.97 Å². The minimum Gasteiger partial charge on any atom is -0.322 e. The second-order valence-electron chi connectivity index (χ2n) is 6.07. The zero-order chi connectivity index (χ0) is 18.5. The molecule has 6 heteroatoms. The number of para-hydroxylation sites is 1. The Morgan fingerprint density at radius 3 is 2.54 bits per heavy atom. The lowest BCUT2D eigenvalue weighted by Gasteiger charge is -2.10. The normalized spacial score (nSPS) is 10.7. The highest BCUT2D eigenvalue weighted by Crippen LogP contribution is 2.23. The largest absolute Gasteiger partial charge is 0.322 e. The van der Waals surface area contributed by atoms with E-state index in [4.69, 9.17) is 0 Å². The van der Waals surface area contributed by atoms with E-state index < -0.39 is 0 Å². The van der Waals surface area contributed by atoms with E-state index in [-0.39, 0.29) is 5.91 Å². The molecule has 0 aliphatic rings. The number of carbonyl (C=O) groups is 1. The molecule has 2 aromatic heterocycles. The van der Waals surface area contributed by atoms with E-state index in [1.807, 2.05) is 43.6 Å². The molecule has 0 spiro atoms. The summed E-state index contributed by atoms with van der Waals surface area (Å²) in [5, 5.41) is 3.04. The van der Waals surface area contributed by atoms with E-state index in [0.29, 0.717) is 17.8 Å². The van der Waals surface area contributed by atoms with Crippen molar-refractivity contribution in [2.75, 3.05) is 5.32 Å². The number of aryl methyl sites for hydroxylation is 3. The second-order valence-corrected chi connectivity index (χ2v) is 6.93. The van der Waals surface area contributed by atoms with Crippen molar-refractivity contribution in [3.8, 4) is 0 Å². The molecule has 134 valence electrons. The van der Waals surface area contributed by atoms with Gasteiger partial charge in [0, 0.05) is 29.4 Å². The summed E-state index contributed by atoms with van der Waals surface area (Å²) in [6.45, 7) is 6.01. The van der Waals surface area contributed by atoms with Crippen LogP contribution in [0.4, 0.5) is 5.69 Å².